The fourth-order valence-corrected chi connectivity index (χ4v) is 0.732. The van der Waals surface area contributed by atoms with E-state index in [0.29, 0.717) is 12.3 Å². The van der Waals surface area contributed by atoms with Crippen molar-refractivity contribution < 1.29 is 33.7 Å². The van der Waals surface area contributed by atoms with Crippen LogP contribution in [0.4, 0.5) is 4.79 Å². The van der Waals surface area contributed by atoms with Crippen LogP contribution in [-0.4, -0.2) is 31.5 Å². The molecule has 98 valence electrons. The van der Waals surface area contributed by atoms with Crippen molar-refractivity contribution >= 4 is 18.1 Å². The van der Waals surface area contributed by atoms with E-state index in [0.717, 1.165) is 0 Å². The van der Waals surface area contributed by atoms with Crippen molar-refractivity contribution in [2.45, 2.75) is 26.7 Å². The molecule has 0 amide bonds. The molecule has 0 rings (SSSR count). The maximum absolute atomic E-state index is 10.9. The summed E-state index contributed by atoms with van der Waals surface area (Å²) in [5, 5.41) is 9.97. The van der Waals surface area contributed by atoms with E-state index < -0.39 is 31.3 Å². The third-order valence-corrected chi connectivity index (χ3v) is 1.60. The van der Waals surface area contributed by atoms with E-state index in [1.807, 2.05) is 13.8 Å². The molecule has 0 heterocycles. The third kappa shape index (κ3) is 10.5. The Bertz CT molecular complexity index is 272. The maximum Gasteiger partial charge on any atom is 0.511 e. The molecule has 7 nitrogen and oxygen atoms in total. The molecule has 0 saturated carbocycles. The van der Waals surface area contributed by atoms with E-state index in [4.69, 9.17) is 0 Å². The van der Waals surface area contributed by atoms with Gasteiger partial charge in [-0.2, -0.15) is 0 Å². The zero-order valence-electron chi connectivity index (χ0n) is 9.76. The second kappa shape index (κ2) is 8.37. The van der Waals surface area contributed by atoms with Gasteiger partial charge in [0.2, 0.25) is 6.79 Å². The molecule has 17 heavy (non-hydrogen) atoms. The van der Waals surface area contributed by atoms with E-state index >= 15 is 0 Å². The molecule has 0 fully saturated rings. The lowest BCUT2D eigenvalue weighted by atomic mass is 10.1. The lowest BCUT2D eigenvalue weighted by molar-refractivity contribution is -0.305. The van der Waals surface area contributed by atoms with Gasteiger partial charge in [0.25, 0.3) is 0 Å². The molecular formula is C10H15O7-. The quantitative estimate of drug-likeness (QED) is 0.349. The minimum absolute atomic E-state index is 0.212. The fourth-order valence-electron chi connectivity index (χ4n) is 0.732. The molecule has 0 atom stereocenters. The Labute approximate surface area is 98.6 Å². The van der Waals surface area contributed by atoms with Gasteiger partial charge in [-0.3, -0.25) is 4.79 Å². The van der Waals surface area contributed by atoms with Crippen molar-refractivity contribution in [2.75, 3.05) is 13.4 Å². The maximum atomic E-state index is 10.9. The number of hydrogen-bond acceptors (Lipinski definition) is 7. The lowest BCUT2D eigenvalue weighted by Crippen LogP contribution is -2.26. The summed E-state index contributed by atoms with van der Waals surface area (Å²) in [4.78, 5) is 31.5. The van der Waals surface area contributed by atoms with E-state index in [9.17, 15) is 19.5 Å². The van der Waals surface area contributed by atoms with Crippen molar-refractivity contribution in [1.82, 2.24) is 0 Å². The van der Waals surface area contributed by atoms with Gasteiger partial charge in [-0.05, 0) is 12.3 Å². The van der Waals surface area contributed by atoms with Gasteiger partial charge in [-0.1, -0.05) is 13.8 Å². The second-order valence-corrected chi connectivity index (χ2v) is 3.61. The summed E-state index contributed by atoms with van der Waals surface area (Å²) < 4.78 is 13.3. The van der Waals surface area contributed by atoms with Crippen LogP contribution in [-0.2, 0) is 23.8 Å². The van der Waals surface area contributed by atoms with E-state index in [-0.39, 0.29) is 6.61 Å². The first kappa shape index (κ1) is 15.2. The molecule has 0 unspecified atom stereocenters. The number of rotatable bonds is 7. The van der Waals surface area contributed by atoms with Crippen LogP contribution in [0, 0.1) is 5.92 Å². The lowest BCUT2D eigenvalue weighted by Gasteiger charge is -2.08. The van der Waals surface area contributed by atoms with Crippen LogP contribution in [0.25, 0.3) is 0 Å². The molecule has 0 spiro atoms. The molecular weight excluding hydrogens is 232 g/mol. The summed E-state index contributed by atoms with van der Waals surface area (Å²) in [7, 11) is 0. The van der Waals surface area contributed by atoms with Crippen molar-refractivity contribution in [3.63, 3.8) is 0 Å². The van der Waals surface area contributed by atoms with Crippen LogP contribution in [0.2, 0.25) is 0 Å². The predicted octanol–water partition coefficient (Wildman–Crippen LogP) is -0.174. The second-order valence-electron chi connectivity index (χ2n) is 3.61. The number of aliphatic carboxylic acids is 1. The molecule has 0 radical (unpaired) electrons. The molecule has 0 saturated heterocycles. The summed E-state index contributed by atoms with van der Waals surface area (Å²) in [6, 6.07) is 0. The van der Waals surface area contributed by atoms with E-state index in [1.165, 1.54) is 0 Å². The fraction of sp³-hybridized carbons (Fsp3) is 0.700. The summed E-state index contributed by atoms with van der Waals surface area (Å²) in [5.41, 5.74) is 0. The van der Waals surface area contributed by atoms with E-state index in [2.05, 4.69) is 14.2 Å². The van der Waals surface area contributed by atoms with Gasteiger partial charge in [0.05, 0.1) is 19.0 Å². The first-order valence-corrected chi connectivity index (χ1v) is 5.06. The Kier molecular flexibility index (Phi) is 7.49. The molecule has 0 aromatic rings. The highest BCUT2D eigenvalue weighted by Crippen LogP contribution is 1.99. The topological polar surface area (TPSA) is 102 Å². The Morgan fingerprint density at radius 1 is 1.12 bits per heavy atom. The zero-order valence-corrected chi connectivity index (χ0v) is 9.76. The number of carboxylic acids is 1. The zero-order chi connectivity index (χ0) is 13.3. The molecule has 0 bridgehead atoms. The van der Waals surface area contributed by atoms with Gasteiger partial charge in [-0.15, -0.1) is 0 Å². The normalized spacial score (nSPS) is 9.82. The molecule has 0 aliphatic carbocycles. The van der Waals surface area contributed by atoms with Crippen LogP contribution >= 0.6 is 0 Å². The number of carboxylic acid groups (broad SMARTS) is 1. The molecule has 0 aromatic heterocycles. The molecule has 0 aromatic carbocycles. The van der Waals surface area contributed by atoms with Crippen molar-refractivity contribution in [2.24, 2.45) is 5.92 Å². The minimum atomic E-state index is -1.56. The smallest absolute Gasteiger partial charge is 0.511 e. The number of carbonyl (C=O) groups excluding carboxylic acids is 3. The largest absolute Gasteiger partial charge is 0.550 e. The Morgan fingerprint density at radius 2 is 1.76 bits per heavy atom. The number of hydrogen-bond donors (Lipinski definition) is 0. The van der Waals surface area contributed by atoms with Crippen LogP contribution in [0.5, 0.6) is 0 Å². The summed E-state index contributed by atoms with van der Waals surface area (Å²) in [6.07, 6.45) is -1.15. The van der Waals surface area contributed by atoms with Gasteiger partial charge in [-0.25, -0.2) is 4.79 Å². The van der Waals surface area contributed by atoms with Crippen molar-refractivity contribution in [1.29, 1.82) is 0 Å². The van der Waals surface area contributed by atoms with Gasteiger partial charge >= 0.3 is 12.1 Å². The average molecular weight is 247 g/mol. The van der Waals surface area contributed by atoms with Crippen molar-refractivity contribution in [3.05, 3.63) is 0 Å². The molecule has 7 heteroatoms. The Morgan fingerprint density at radius 3 is 2.29 bits per heavy atom. The predicted molar refractivity (Wildman–Crippen MR) is 52.5 cm³/mol. The summed E-state index contributed by atoms with van der Waals surface area (Å²) in [5.74, 6) is -2.21. The first-order valence-electron chi connectivity index (χ1n) is 5.06. The van der Waals surface area contributed by atoms with Crippen molar-refractivity contribution in [3.8, 4) is 0 Å². The van der Waals surface area contributed by atoms with Crippen LogP contribution in [0.15, 0.2) is 0 Å². The number of esters is 1. The monoisotopic (exact) mass is 247 g/mol. The summed E-state index contributed by atoms with van der Waals surface area (Å²) >= 11 is 0. The first-order chi connectivity index (χ1) is 7.91. The highest BCUT2D eigenvalue weighted by Gasteiger charge is 2.07. The highest BCUT2D eigenvalue weighted by atomic mass is 16.8. The van der Waals surface area contributed by atoms with Crippen LogP contribution in [0.1, 0.15) is 26.7 Å². The Balaban J connectivity index is 3.51. The van der Waals surface area contributed by atoms with Crippen LogP contribution in [0.3, 0.4) is 0 Å². The van der Waals surface area contributed by atoms with E-state index in [1.54, 1.807) is 0 Å². The highest BCUT2D eigenvalue weighted by molar-refractivity contribution is 5.88. The molecule has 0 aliphatic rings. The standard InChI is InChI=1S/C10H16O7/c1-7(2)3-4-15-10(14)17-6-16-9(13)5-8(11)12/h7H,3-6H2,1-2H3,(H,11,12)/p-1. The summed E-state index contributed by atoms with van der Waals surface area (Å²) in [6.45, 7) is 3.48. The molecule has 0 aliphatic heterocycles. The third-order valence-electron chi connectivity index (χ3n) is 1.60. The minimum Gasteiger partial charge on any atom is -0.550 e. The number of carbonyl (C=O) groups is 3. The van der Waals surface area contributed by atoms with Crippen LogP contribution < -0.4 is 5.11 Å². The molecule has 0 N–H and O–H groups in total. The van der Waals surface area contributed by atoms with Gasteiger partial charge in [0, 0.05) is 0 Å². The van der Waals surface area contributed by atoms with Gasteiger partial charge in [0.1, 0.15) is 0 Å². The Hall–Kier alpha value is -1.79. The number of ether oxygens (including phenoxy) is 3. The van der Waals surface area contributed by atoms with Gasteiger partial charge < -0.3 is 24.1 Å². The average Bonchev–Trinajstić information content (AvgIpc) is 2.15. The van der Waals surface area contributed by atoms with Gasteiger partial charge in [0.15, 0.2) is 0 Å². The SMILES string of the molecule is CC(C)CCOC(=O)OCOC(=O)CC(=O)[O-].